The van der Waals surface area contributed by atoms with Crippen molar-refractivity contribution in [2.45, 2.75) is 6.92 Å². The van der Waals surface area contributed by atoms with Crippen LogP contribution in [-0.2, 0) is 4.74 Å². The summed E-state index contributed by atoms with van der Waals surface area (Å²) in [6, 6.07) is 5.21. The monoisotopic (exact) mass is 236 g/mol. The van der Waals surface area contributed by atoms with Crippen LogP contribution in [0.25, 0.3) is 10.9 Å². The average Bonchev–Trinajstić information content (AvgIpc) is 2.29. The zero-order chi connectivity index (χ0) is 11.5. The molecular formula is C11H9ClN2O2. The molecule has 2 aromatic rings. The Morgan fingerprint density at radius 3 is 3.12 bits per heavy atom. The van der Waals surface area contributed by atoms with Gasteiger partial charge in [0.25, 0.3) is 0 Å². The van der Waals surface area contributed by atoms with Gasteiger partial charge in [0.1, 0.15) is 5.52 Å². The topological polar surface area (TPSA) is 52.1 Å². The quantitative estimate of drug-likeness (QED) is 0.594. The number of hydrogen-bond donors (Lipinski definition) is 0. The van der Waals surface area contributed by atoms with E-state index in [4.69, 9.17) is 16.3 Å². The lowest BCUT2D eigenvalue weighted by molar-refractivity contribution is 0.0520. The number of carbonyl (C=O) groups is 1. The van der Waals surface area contributed by atoms with Gasteiger partial charge in [0.2, 0.25) is 0 Å². The Labute approximate surface area is 97.2 Å². The highest BCUT2D eigenvalue weighted by molar-refractivity contribution is 6.34. The number of carbonyl (C=O) groups excluding carboxylic acids is 1. The highest BCUT2D eigenvalue weighted by atomic mass is 35.5. The minimum atomic E-state index is -0.477. The third-order valence-electron chi connectivity index (χ3n) is 2.03. The van der Waals surface area contributed by atoms with Gasteiger partial charge in [0.05, 0.1) is 6.61 Å². The van der Waals surface area contributed by atoms with Crippen LogP contribution in [0.3, 0.4) is 0 Å². The molecule has 5 heteroatoms. The van der Waals surface area contributed by atoms with Gasteiger partial charge in [-0.3, -0.25) is 4.98 Å². The first-order valence-corrected chi connectivity index (χ1v) is 5.18. The fourth-order valence-electron chi connectivity index (χ4n) is 1.35. The van der Waals surface area contributed by atoms with Crippen LogP contribution in [0.2, 0.25) is 5.15 Å². The number of hydrogen-bond acceptors (Lipinski definition) is 4. The summed E-state index contributed by atoms with van der Waals surface area (Å²) < 4.78 is 4.85. The fraction of sp³-hybridized carbons (Fsp3) is 0.182. The molecule has 0 aliphatic rings. The number of halogens is 1. The number of pyridine rings is 2. The number of aromatic nitrogens is 2. The summed E-state index contributed by atoms with van der Waals surface area (Å²) in [4.78, 5) is 19.5. The normalized spacial score (nSPS) is 10.4. The van der Waals surface area contributed by atoms with Crippen molar-refractivity contribution in [3.63, 3.8) is 0 Å². The molecule has 0 fully saturated rings. The van der Waals surface area contributed by atoms with Crippen LogP contribution < -0.4 is 0 Å². The van der Waals surface area contributed by atoms with Gasteiger partial charge in [-0.05, 0) is 19.1 Å². The number of fused-ring (bicyclic) bond motifs is 1. The van der Waals surface area contributed by atoms with Crippen LogP contribution in [0.15, 0.2) is 24.4 Å². The third kappa shape index (κ3) is 1.97. The van der Waals surface area contributed by atoms with E-state index >= 15 is 0 Å². The Hall–Kier alpha value is -1.68. The molecule has 0 spiro atoms. The van der Waals surface area contributed by atoms with Crippen LogP contribution in [-0.4, -0.2) is 22.5 Å². The summed E-state index contributed by atoms with van der Waals surface area (Å²) in [6.45, 7) is 2.05. The molecule has 2 aromatic heterocycles. The smallest absolute Gasteiger partial charge is 0.356 e. The molecular weight excluding hydrogens is 228 g/mol. The molecule has 4 nitrogen and oxygen atoms in total. The van der Waals surface area contributed by atoms with E-state index in [1.807, 2.05) is 6.07 Å². The fourth-order valence-corrected chi connectivity index (χ4v) is 1.60. The molecule has 0 amide bonds. The van der Waals surface area contributed by atoms with Crippen LogP contribution in [0.4, 0.5) is 0 Å². The van der Waals surface area contributed by atoms with Crippen LogP contribution >= 0.6 is 11.6 Å². The van der Waals surface area contributed by atoms with E-state index in [0.717, 1.165) is 5.39 Å². The van der Waals surface area contributed by atoms with E-state index in [1.54, 1.807) is 25.3 Å². The molecule has 0 N–H and O–H groups in total. The Kier molecular flexibility index (Phi) is 3.01. The average molecular weight is 237 g/mol. The molecule has 0 radical (unpaired) electrons. The molecule has 0 saturated carbocycles. The van der Waals surface area contributed by atoms with Gasteiger partial charge < -0.3 is 4.74 Å². The minimum Gasteiger partial charge on any atom is -0.461 e. The highest BCUT2D eigenvalue weighted by Gasteiger charge is 2.12. The van der Waals surface area contributed by atoms with E-state index in [0.29, 0.717) is 12.1 Å². The molecule has 2 rings (SSSR count). The summed E-state index contributed by atoms with van der Waals surface area (Å²) in [7, 11) is 0. The molecule has 0 aliphatic carbocycles. The molecule has 2 heterocycles. The van der Waals surface area contributed by atoms with Gasteiger partial charge in [-0.2, -0.15) is 0 Å². The van der Waals surface area contributed by atoms with Crippen molar-refractivity contribution in [2.75, 3.05) is 6.61 Å². The van der Waals surface area contributed by atoms with E-state index in [1.165, 1.54) is 0 Å². The zero-order valence-corrected chi connectivity index (χ0v) is 9.36. The Balaban J connectivity index is 2.53. The van der Waals surface area contributed by atoms with E-state index in [9.17, 15) is 4.79 Å². The molecule has 0 atom stereocenters. The second-order valence-corrected chi connectivity index (χ2v) is 3.45. The maximum atomic E-state index is 11.5. The summed E-state index contributed by atoms with van der Waals surface area (Å²) >= 11 is 5.93. The lowest BCUT2D eigenvalue weighted by atomic mass is 10.2. The second kappa shape index (κ2) is 4.45. The van der Waals surface area contributed by atoms with Crippen molar-refractivity contribution in [1.29, 1.82) is 0 Å². The first-order chi connectivity index (χ1) is 7.72. The predicted molar refractivity (Wildman–Crippen MR) is 60.5 cm³/mol. The van der Waals surface area contributed by atoms with Gasteiger partial charge in [-0.15, -0.1) is 0 Å². The van der Waals surface area contributed by atoms with Gasteiger partial charge in [-0.1, -0.05) is 17.7 Å². The molecule has 0 unspecified atom stereocenters. The second-order valence-electron chi connectivity index (χ2n) is 3.09. The zero-order valence-electron chi connectivity index (χ0n) is 8.61. The van der Waals surface area contributed by atoms with Crippen molar-refractivity contribution in [2.24, 2.45) is 0 Å². The molecule has 0 aromatic carbocycles. The summed E-state index contributed by atoms with van der Waals surface area (Å²) in [5, 5.41) is 0.978. The predicted octanol–water partition coefficient (Wildman–Crippen LogP) is 2.46. The van der Waals surface area contributed by atoms with Gasteiger partial charge in [0.15, 0.2) is 10.8 Å². The van der Waals surface area contributed by atoms with E-state index in [-0.39, 0.29) is 10.8 Å². The minimum absolute atomic E-state index is 0.201. The Morgan fingerprint density at radius 2 is 2.38 bits per heavy atom. The number of rotatable bonds is 2. The summed E-state index contributed by atoms with van der Waals surface area (Å²) in [5.74, 6) is -0.477. The van der Waals surface area contributed by atoms with Crippen molar-refractivity contribution in [3.05, 3.63) is 35.2 Å². The third-order valence-corrected chi connectivity index (χ3v) is 2.29. The van der Waals surface area contributed by atoms with Crippen molar-refractivity contribution >= 4 is 28.5 Å². The van der Waals surface area contributed by atoms with Gasteiger partial charge in [0, 0.05) is 11.6 Å². The first kappa shape index (κ1) is 10.8. The van der Waals surface area contributed by atoms with Crippen molar-refractivity contribution in [1.82, 2.24) is 9.97 Å². The SMILES string of the molecule is CCOC(=O)c1cc2cccnc2c(Cl)n1. The summed E-state index contributed by atoms with van der Waals surface area (Å²) in [5.41, 5.74) is 0.782. The Morgan fingerprint density at radius 1 is 1.56 bits per heavy atom. The maximum Gasteiger partial charge on any atom is 0.356 e. The maximum absolute atomic E-state index is 11.5. The van der Waals surface area contributed by atoms with Crippen molar-refractivity contribution < 1.29 is 9.53 Å². The lowest BCUT2D eigenvalue weighted by Crippen LogP contribution is -2.07. The molecule has 16 heavy (non-hydrogen) atoms. The lowest BCUT2D eigenvalue weighted by Gasteiger charge is -2.03. The molecule has 0 bridgehead atoms. The molecule has 0 saturated heterocycles. The molecule has 0 aliphatic heterocycles. The van der Waals surface area contributed by atoms with Crippen molar-refractivity contribution in [3.8, 4) is 0 Å². The van der Waals surface area contributed by atoms with Crippen LogP contribution in [0, 0.1) is 0 Å². The van der Waals surface area contributed by atoms with Gasteiger partial charge in [-0.25, -0.2) is 9.78 Å². The van der Waals surface area contributed by atoms with E-state index in [2.05, 4.69) is 9.97 Å². The first-order valence-electron chi connectivity index (χ1n) is 4.80. The van der Waals surface area contributed by atoms with Crippen LogP contribution in [0.1, 0.15) is 17.4 Å². The largest absolute Gasteiger partial charge is 0.461 e. The number of ether oxygens (including phenoxy) is 1. The van der Waals surface area contributed by atoms with Crippen LogP contribution in [0.5, 0.6) is 0 Å². The summed E-state index contributed by atoms with van der Waals surface area (Å²) in [6.07, 6.45) is 1.62. The van der Waals surface area contributed by atoms with E-state index < -0.39 is 5.97 Å². The van der Waals surface area contributed by atoms with Gasteiger partial charge >= 0.3 is 5.97 Å². The number of esters is 1. The number of nitrogens with zero attached hydrogens (tertiary/aromatic N) is 2. The standard InChI is InChI=1S/C11H9ClN2O2/c1-2-16-11(15)8-6-7-4-3-5-13-9(7)10(12)14-8/h3-6H,2H2,1H3. The Bertz CT molecular complexity index is 542. The highest BCUT2D eigenvalue weighted by Crippen LogP contribution is 2.20. The molecule has 82 valence electrons.